The molecule has 5 nitrogen and oxygen atoms in total. The lowest BCUT2D eigenvalue weighted by Gasteiger charge is -2.13. The van der Waals surface area contributed by atoms with Crippen LogP contribution in [0.4, 0.5) is 17.5 Å². The van der Waals surface area contributed by atoms with Gasteiger partial charge in [0.1, 0.15) is 5.82 Å². The maximum atomic E-state index is 5.62. The zero-order valence-corrected chi connectivity index (χ0v) is 14.0. The van der Waals surface area contributed by atoms with Crippen LogP contribution in [-0.4, -0.2) is 29.2 Å². The van der Waals surface area contributed by atoms with Crippen LogP contribution in [0.3, 0.4) is 0 Å². The van der Waals surface area contributed by atoms with Gasteiger partial charge in [-0.05, 0) is 56.9 Å². The van der Waals surface area contributed by atoms with E-state index in [1.807, 2.05) is 13.0 Å². The Morgan fingerprint density at radius 2 is 1.87 bits per heavy atom. The number of ether oxygens (including phenoxy) is 1. The molecule has 0 spiro atoms. The highest BCUT2D eigenvalue weighted by Gasteiger charge is 2.15. The van der Waals surface area contributed by atoms with Gasteiger partial charge in [0.05, 0.1) is 6.10 Å². The number of benzene rings is 1. The lowest BCUT2D eigenvalue weighted by Crippen LogP contribution is -2.20. The SMILES string of the molecule is Cc1cc(C)cc(Nc2cc(C)nc(NCC3CCCO3)n2)c1. The summed E-state index contributed by atoms with van der Waals surface area (Å²) in [4.78, 5) is 9.01. The Balaban J connectivity index is 1.71. The number of hydrogen-bond acceptors (Lipinski definition) is 5. The minimum Gasteiger partial charge on any atom is -0.376 e. The Morgan fingerprint density at radius 3 is 2.57 bits per heavy atom. The molecule has 0 amide bonds. The van der Waals surface area contributed by atoms with Crippen LogP contribution in [0.2, 0.25) is 0 Å². The number of nitrogens with zero attached hydrogens (tertiary/aromatic N) is 2. The number of aromatic nitrogens is 2. The molecule has 5 heteroatoms. The smallest absolute Gasteiger partial charge is 0.224 e. The lowest BCUT2D eigenvalue weighted by molar-refractivity contribution is 0.120. The van der Waals surface area contributed by atoms with Gasteiger partial charge in [0.25, 0.3) is 0 Å². The van der Waals surface area contributed by atoms with Gasteiger partial charge in [-0.25, -0.2) is 4.98 Å². The second-order valence-electron chi connectivity index (χ2n) is 6.24. The summed E-state index contributed by atoms with van der Waals surface area (Å²) in [5.41, 5.74) is 4.44. The molecule has 0 radical (unpaired) electrons. The van der Waals surface area contributed by atoms with Gasteiger partial charge in [-0.1, -0.05) is 6.07 Å². The first-order valence-electron chi connectivity index (χ1n) is 8.15. The molecule has 0 bridgehead atoms. The normalized spacial score (nSPS) is 17.3. The van der Waals surface area contributed by atoms with Crippen molar-refractivity contribution in [3.63, 3.8) is 0 Å². The van der Waals surface area contributed by atoms with E-state index in [1.54, 1.807) is 0 Å². The van der Waals surface area contributed by atoms with E-state index in [1.165, 1.54) is 11.1 Å². The molecule has 3 rings (SSSR count). The third kappa shape index (κ3) is 4.42. The molecule has 1 aromatic heterocycles. The summed E-state index contributed by atoms with van der Waals surface area (Å²) >= 11 is 0. The molecule has 1 unspecified atom stereocenters. The highest BCUT2D eigenvalue weighted by Crippen LogP contribution is 2.20. The van der Waals surface area contributed by atoms with Crippen LogP contribution in [0.15, 0.2) is 24.3 Å². The van der Waals surface area contributed by atoms with Crippen molar-refractivity contribution in [1.29, 1.82) is 0 Å². The Labute approximate surface area is 137 Å². The maximum absolute atomic E-state index is 5.62. The number of aryl methyl sites for hydroxylation is 3. The fraction of sp³-hybridized carbons (Fsp3) is 0.444. The van der Waals surface area contributed by atoms with Crippen LogP contribution >= 0.6 is 0 Å². The molecule has 0 aliphatic carbocycles. The first-order chi connectivity index (χ1) is 11.1. The summed E-state index contributed by atoms with van der Waals surface area (Å²) in [7, 11) is 0. The Hall–Kier alpha value is -2.14. The first-order valence-corrected chi connectivity index (χ1v) is 8.15. The fourth-order valence-corrected chi connectivity index (χ4v) is 2.92. The average molecular weight is 312 g/mol. The lowest BCUT2D eigenvalue weighted by atomic mass is 10.1. The minimum absolute atomic E-state index is 0.273. The summed E-state index contributed by atoms with van der Waals surface area (Å²) in [5.74, 6) is 1.45. The van der Waals surface area contributed by atoms with Crippen LogP contribution in [0.5, 0.6) is 0 Å². The van der Waals surface area contributed by atoms with Crippen LogP contribution in [-0.2, 0) is 4.74 Å². The number of rotatable bonds is 5. The number of anilines is 3. The summed E-state index contributed by atoms with van der Waals surface area (Å²) in [6.45, 7) is 7.79. The van der Waals surface area contributed by atoms with Gasteiger partial charge in [0.15, 0.2) is 0 Å². The summed E-state index contributed by atoms with van der Waals surface area (Å²) in [5, 5.41) is 6.66. The van der Waals surface area contributed by atoms with E-state index in [0.29, 0.717) is 5.95 Å². The minimum atomic E-state index is 0.273. The zero-order chi connectivity index (χ0) is 16.2. The molecule has 1 aliphatic heterocycles. The molecule has 0 saturated carbocycles. The molecular weight excluding hydrogens is 288 g/mol. The van der Waals surface area contributed by atoms with Crippen LogP contribution < -0.4 is 10.6 Å². The third-order valence-electron chi connectivity index (χ3n) is 3.86. The second-order valence-corrected chi connectivity index (χ2v) is 6.24. The van der Waals surface area contributed by atoms with Crippen molar-refractivity contribution in [2.75, 3.05) is 23.8 Å². The van der Waals surface area contributed by atoms with E-state index in [2.05, 4.69) is 52.6 Å². The van der Waals surface area contributed by atoms with Crippen molar-refractivity contribution in [3.05, 3.63) is 41.1 Å². The molecule has 1 aromatic carbocycles. The monoisotopic (exact) mass is 312 g/mol. The van der Waals surface area contributed by atoms with Crippen molar-refractivity contribution in [2.45, 2.75) is 39.7 Å². The number of nitrogens with one attached hydrogen (secondary N) is 2. The van der Waals surface area contributed by atoms with E-state index in [-0.39, 0.29) is 6.10 Å². The Bertz CT molecular complexity index is 660. The predicted molar refractivity (Wildman–Crippen MR) is 93.4 cm³/mol. The van der Waals surface area contributed by atoms with Crippen LogP contribution in [0.25, 0.3) is 0 Å². The second kappa shape index (κ2) is 6.96. The van der Waals surface area contributed by atoms with E-state index in [0.717, 1.165) is 43.2 Å². The maximum Gasteiger partial charge on any atom is 0.224 e. The van der Waals surface area contributed by atoms with Crippen molar-refractivity contribution in [2.24, 2.45) is 0 Å². The highest BCUT2D eigenvalue weighted by molar-refractivity contribution is 5.59. The van der Waals surface area contributed by atoms with Gasteiger partial charge < -0.3 is 15.4 Å². The standard InChI is InChI=1S/C18H24N4O/c1-12-7-13(2)9-15(8-12)21-17-10-14(3)20-18(22-17)19-11-16-5-4-6-23-16/h7-10,16H,4-6,11H2,1-3H3,(H2,19,20,21,22). The van der Waals surface area contributed by atoms with Gasteiger partial charge >= 0.3 is 0 Å². The Morgan fingerprint density at radius 1 is 1.09 bits per heavy atom. The van der Waals surface area contributed by atoms with Gasteiger partial charge in [-0.15, -0.1) is 0 Å². The van der Waals surface area contributed by atoms with E-state index in [9.17, 15) is 0 Å². The average Bonchev–Trinajstić information content (AvgIpc) is 2.96. The van der Waals surface area contributed by atoms with Gasteiger partial charge in [-0.2, -0.15) is 4.98 Å². The van der Waals surface area contributed by atoms with Crippen molar-refractivity contribution in [1.82, 2.24) is 9.97 Å². The van der Waals surface area contributed by atoms with Crippen LogP contribution in [0, 0.1) is 20.8 Å². The molecule has 23 heavy (non-hydrogen) atoms. The van der Waals surface area contributed by atoms with Gasteiger partial charge in [0, 0.05) is 30.6 Å². The highest BCUT2D eigenvalue weighted by atomic mass is 16.5. The summed E-state index contributed by atoms with van der Waals surface area (Å²) in [6.07, 6.45) is 2.52. The molecule has 122 valence electrons. The van der Waals surface area contributed by atoms with Crippen molar-refractivity contribution in [3.8, 4) is 0 Å². The number of hydrogen-bond donors (Lipinski definition) is 2. The van der Waals surface area contributed by atoms with E-state index in [4.69, 9.17) is 4.74 Å². The van der Waals surface area contributed by atoms with Gasteiger partial charge in [0.2, 0.25) is 5.95 Å². The molecule has 1 fully saturated rings. The quantitative estimate of drug-likeness (QED) is 0.881. The van der Waals surface area contributed by atoms with E-state index >= 15 is 0 Å². The molecule has 1 saturated heterocycles. The largest absolute Gasteiger partial charge is 0.376 e. The molecule has 2 heterocycles. The molecule has 1 atom stereocenters. The van der Waals surface area contributed by atoms with Crippen LogP contribution in [0.1, 0.15) is 29.7 Å². The first kappa shape index (κ1) is 15.7. The summed E-state index contributed by atoms with van der Waals surface area (Å²) in [6, 6.07) is 8.34. The Kier molecular flexibility index (Phi) is 4.76. The van der Waals surface area contributed by atoms with E-state index < -0.39 is 0 Å². The van der Waals surface area contributed by atoms with Crippen molar-refractivity contribution < 1.29 is 4.74 Å². The molecular formula is C18H24N4O. The molecule has 2 N–H and O–H groups in total. The third-order valence-corrected chi connectivity index (χ3v) is 3.86. The summed E-state index contributed by atoms with van der Waals surface area (Å²) < 4.78 is 5.62. The zero-order valence-electron chi connectivity index (χ0n) is 14.0. The van der Waals surface area contributed by atoms with Gasteiger partial charge in [-0.3, -0.25) is 0 Å². The fourth-order valence-electron chi connectivity index (χ4n) is 2.92. The predicted octanol–water partition coefficient (Wildman–Crippen LogP) is 3.74. The molecule has 1 aliphatic rings. The topological polar surface area (TPSA) is 59.1 Å². The van der Waals surface area contributed by atoms with Crippen molar-refractivity contribution >= 4 is 17.5 Å². The molecule has 2 aromatic rings.